The van der Waals surface area contributed by atoms with Crippen LogP contribution in [0.15, 0.2) is 434 Å². The molecular weight excluding hydrogens is 1520 g/mol. The minimum Gasteiger partial charge on any atom is -0.456 e. The topological polar surface area (TPSA) is 139 Å². The molecule has 0 atom stereocenters. The standard InChI is InChI=1S/2C56H35N5O/c1-5-18-36(19-6-1)41-26-13-14-27-42(41)39-34-46(56-59-54(37-20-7-2-8-21-37)58-55(60-56)38-22-9-3-10-23-38)52(57-35-39)45-30-17-29-44-51-49(62-53(44)45)33-32-48-50(51)43-28-15-16-31-47(43)61(48)40-24-11-4-12-25-40;1-5-17-36(18-6-1)42-25-13-14-26-43(42)40-33-46(56-59-54(37-19-7-2-8-20-37)58-55(60-56)38-21-9-3-10-22-38)53(57-35-40)39-29-30-45-50(34-39)62-49-32-31-48-51(52(45)49)44-27-15-16-28-47(44)61(48)41-23-11-4-12-24-41/h2*1-35H. The second kappa shape index (κ2) is 30.8. The zero-order valence-corrected chi connectivity index (χ0v) is 66.7. The van der Waals surface area contributed by atoms with Crippen molar-refractivity contribution in [1.82, 2.24) is 49.0 Å². The van der Waals surface area contributed by atoms with Crippen molar-refractivity contribution in [2.75, 3.05) is 0 Å². The lowest BCUT2D eigenvalue weighted by Crippen LogP contribution is -2.02. The van der Waals surface area contributed by atoms with E-state index in [1.165, 1.54) is 10.8 Å². The van der Waals surface area contributed by atoms with Crippen molar-refractivity contribution in [3.8, 4) is 147 Å². The van der Waals surface area contributed by atoms with Gasteiger partial charge in [0.15, 0.2) is 34.9 Å². The van der Waals surface area contributed by atoms with E-state index in [0.717, 1.165) is 183 Å². The summed E-state index contributed by atoms with van der Waals surface area (Å²) >= 11 is 0. The minimum atomic E-state index is 0.515. The molecule has 16 aromatic carbocycles. The molecule has 0 unspecified atom stereocenters. The lowest BCUT2D eigenvalue weighted by molar-refractivity contribution is 0.669. The molecule has 0 aliphatic rings. The molecule has 24 rings (SSSR count). The van der Waals surface area contributed by atoms with Gasteiger partial charge in [0.05, 0.1) is 33.5 Å². The molecule has 580 valence electrons. The third-order valence-corrected chi connectivity index (χ3v) is 23.4. The fourth-order valence-electron chi connectivity index (χ4n) is 17.8. The Kier molecular flexibility index (Phi) is 17.9. The average molecular weight is 1590 g/mol. The number of para-hydroxylation sites is 5. The molecule has 8 aromatic heterocycles. The number of furan rings is 2. The molecule has 0 amide bonds. The molecule has 0 aliphatic carbocycles. The van der Waals surface area contributed by atoms with Crippen LogP contribution in [0.4, 0.5) is 0 Å². The van der Waals surface area contributed by atoms with Crippen LogP contribution in [-0.2, 0) is 0 Å². The van der Waals surface area contributed by atoms with Crippen LogP contribution in [0.3, 0.4) is 0 Å². The Hall–Kier alpha value is -17.0. The maximum atomic E-state index is 6.98. The number of nitrogens with zero attached hydrogens (tertiary/aromatic N) is 10. The normalized spacial score (nSPS) is 11.5. The van der Waals surface area contributed by atoms with Crippen LogP contribution < -0.4 is 0 Å². The third kappa shape index (κ3) is 12.8. The van der Waals surface area contributed by atoms with Gasteiger partial charge in [-0.2, -0.15) is 0 Å². The maximum absolute atomic E-state index is 6.98. The van der Waals surface area contributed by atoms with Gasteiger partial charge in [-0.05, 0) is 124 Å². The summed E-state index contributed by atoms with van der Waals surface area (Å²) in [7, 11) is 0. The summed E-state index contributed by atoms with van der Waals surface area (Å²) in [5.74, 6) is 3.37. The van der Waals surface area contributed by atoms with Crippen molar-refractivity contribution in [2.24, 2.45) is 0 Å². The van der Waals surface area contributed by atoms with Gasteiger partial charge in [-0.15, -0.1) is 0 Å². The van der Waals surface area contributed by atoms with Gasteiger partial charge in [0.1, 0.15) is 22.3 Å². The molecule has 12 heteroatoms. The number of aromatic nitrogens is 10. The van der Waals surface area contributed by atoms with Gasteiger partial charge < -0.3 is 18.0 Å². The Bertz CT molecular complexity index is 8090. The molecule has 0 radical (unpaired) electrons. The van der Waals surface area contributed by atoms with E-state index in [4.69, 9.17) is 48.7 Å². The van der Waals surface area contributed by atoms with Crippen molar-refractivity contribution in [3.05, 3.63) is 425 Å². The zero-order chi connectivity index (χ0) is 82.0. The van der Waals surface area contributed by atoms with Crippen LogP contribution >= 0.6 is 0 Å². The van der Waals surface area contributed by atoms with Gasteiger partial charge in [-0.25, -0.2) is 29.9 Å². The summed E-state index contributed by atoms with van der Waals surface area (Å²) in [6.45, 7) is 0. The van der Waals surface area contributed by atoms with E-state index in [2.05, 4.69) is 288 Å². The fourth-order valence-corrected chi connectivity index (χ4v) is 17.8. The highest BCUT2D eigenvalue weighted by molar-refractivity contribution is 6.29. The maximum Gasteiger partial charge on any atom is 0.166 e. The fraction of sp³-hybridized carbons (Fsp3) is 0. The number of pyridine rings is 2. The lowest BCUT2D eigenvalue weighted by atomic mass is 9.93. The summed E-state index contributed by atoms with van der Waals surface area (Å²) in [6.07, 6.45) is 3.92. The number of rotatable bonds is 14. The molecule has 0 fully saturated rings. The van der Waals surface area contributed by atoms with E-state index in [-0.39, 0.29) is 0 Å². The Morgan fingerprint density at radius 1 is 0.185 bits per heavy atom. The summed E-state index contributed by atoms with van der Waals surface area (Å²) < 4.78 is 18.4. The summed E-state index contributed by atoms with van der Waals surface area (Å²) in [6, 6.07) is 142. The molecule has 0 bridgehead atoms. The molecule has 0 saturated heterocycles. The Morgan fingerprint density at radius 2 is 0.524 bits per heavy atom. The first-order valence-electron chi connectivity index (χ1n) is 41.4. The highest BCUT2D eigenvalue weighted by atomic mass is 16.3. The first-order valence-corrected chi connectivity index (χ1v) is 41.4. The molecule has 124 heavy (non-hydrogen) atoms. The second-order valence-electron chi connectivity index (χ2n) is 30.8. The lowest BCUT2D eigenvalue weighted by Gasteiger charge is -2.15. The quantitative estimate of drug-likeness (QED) is 0.103. The SMILES string of the molecule is c1ccc(-c2nc(-c3ccccc3)nc(-c3cc(-c4ccccc4-c4ccccc4)cnc3-c3ccc4c(c3)oc3ccc5c(c6ccccc6n5-c5ccccc5)c34)n2)cc1.c1ccc(-c2nc(-c3ccccc3)nc(-c3cc(-c4ccccc4-c4ccccc4)cnc3-c3cccc4c3oc3ccc5c(c6ccccc6n5-c5ccccc5)c34)n2)cc1. The van der Waals surface area contributed by atoms with Crippen molar-refractivity contribution in [2.45, 2.75) is 0 Å². The van der Waals surface area contributed by atoms with E-state index in [0.29, 0.717) is 40.6 Å². The van der Waals surface area contributed by atoms with E-state index in [1.807, 2.05) is 146 Å². The predicted octanol–water partition coefficient (Wildman–Crippen LogP) is 28.5. The largest absolute Gasteiger partial charge is 0.456 e. The zero-order valence-electron chi connectivity index (χ0n) is 66.7. The molecule has 12 nitrogen and oxygen atoms in total. The molecule has 24 aromatic rings. The van der Waals surface area contributed by atoms with Crippen molar-refractivity contribution in [1.29, 1.82) is 0 Å². The van der Waals surface area contributed by atoms with Gasteiger partial charge in [-0.3, -0.25) is 9.97 Å². The van der Waals surface area contributed by atoms with Crippen molar-refractivity contribution < 1.29 is 8.83 Å². The molecule has 8 heterocycles. The molecular formula is C112H70N10O2. The van der Waals surface area contributed by atoms with Crippen LogP contribution in [-0.4, -0.2) is 49.0 Å². The van der Waals surface area contributed by atoms with Crippen LogP contribution in [0, 0.1) is 0 Å². The van der Waals surface area contributed by atoms with Crippen LogP contribution in [0.1, 0.15) is 0 Å². The molecule has 0 saturated carbocycles. The first kappa shape index (κ1) is 72.3. The first-order chi connectivity index (χ1) is 61.5. The highest BCUT2D eigenvalue weighted by Crippen LogP contribution is 2.48. The average Bonchev–Trinajstić information content (AvgIpc) is 1.56. The van der Waals surface area contributed by atoms with Crippen molar-refractivity contribution >= 4 is 87.5 Å². The Morgan fingerprint density at radius 3 is 0.968 bits per heavy atom. The highest BCUT2D eigenvalue weighted by Gasteiger charge is 2.28. The predicted molar refractivity (Wildman–Crippen MR) is 504 cm³/mol. The summed E-state index contributed by atoms with van der Waals surface area (Å²) in [4.78, 5) is 41.5. The third-order valence-electron chi connectivity index (χ3n) is 23.4. The van der Waals surface area contributed by atoms with E-state index >= 15 is 0 Å². The Balaban J connectivity index is 0.000000143. The Labute approximate surface area is 712 Å². The second-order valence-corrected chi connectivity index (χ2v) is 30.8. The summed E-state index contributed by atoms with van der Waals surface area (Å²) in [5.41, 5.74) is 26.7. The summed E-state index contributed by atoms with van der Waals surface area (Å²) in [5, 5.41) is 8.87. The van der Waals surface area contributed by atoms with Gasteiger partial charge in [0, 0.05) is 122 Å². The molecule has 0 spiro atoms. The number of benzene rings is 16. The van der Waals surface area contributed by atoms with Crippen LogP contribution in [0.25, 0.3) is 234 Å². The van der Waals surface area contributed by atoms with Crippen LogP contribution in [0.5, 0.6) is 0 Å². The smallest absolute Gasteiger partial charge is 0.166 e. The van der Waals surface area contributed by atoms with Gasteiger partial charge in [0.2, 0.25) is 0 Å². The van der Waals surface area contributed by atoms with E-state index in [1.54, 1.807) is 0 Å². The molecule has 0 aliphatic heterocycles. The monoisotopic (exact) mass is 1590 g/mol. The van der Waals surface area contributed by atoms with E-state index in [9.17, 15) is 0 Å². The number of hydrogen-bond donors (Lipinski definition) is 0. The van der Waals surface area contributed by atoms with E-state index < -0.39 is 0 Å². The minimum absolute atomic E-state index is 0.515. The van der Waals surface area contributed by atoms with Gasteiger partial charge >= 0.3 is 0 Å². The number of hydrogen-bond acceptors (Lipinski definition) is 10. The molecule has 0 N–H and O–H groups in total. The number of fused-ring (bicyclic) bond motifs is 14. The van der Waals surface area contributed by atoms with Gasteiger partial charge in [-0.1, -0.05) is 322 Å². The van der Waals surface area contributed by atoms with Gasteiger partial charge in [0.25, 0.3) is 0 Å². The van der Waals surface area contributed by atoms with Crippen molar-refractivity contribution in [3.63, 3.8) is 0 Å². The van der Waals surface area contributed by atoms with Crippen LogP contribution in [0.2, 0.25) is 0 Å².